The monoisotopic (exact) mass is 472 g/mol. The molecule has 0 spiro atoms. The second kappa shape index (κ2) is 9.24. The Kier molecular flexibility index (Phi) is 6.47. The quantitative estimate of drug-likeness (QED) is 0.584. The molecule has 1 aromatic heterocycles. The van der Waals surface area contributed by atoms with Gasteiger partial charge >= 0.3 is 0 Å². The van der Waals surface area contributed by atoms with Gasteiger partial charge in [0.05, 0.1) is 10.2 Å². The molecular formula is C22H25BrN4OS. The van der Waals surface area contributed by atoms with Gasteiger partial charge in [0.15, 0.2) is 5.13 Å². The average molecular weight is 473 g/mol. The first-order chi connectivity index (χ1) is 14.1. The van der Waals surface area contributed by atoms with Crippen LogP contribution in [0.15, 0.2) is 46.9 Å². The number of piperazine rings is 1. The SMILES string of the molecule is CCc1cccc2sc(N3CCN(CCNC(=O)c4ccc(Br)cc4)CC3)nc12. The Hall–Kier alpha value is -1.96. The van der Waals surface area contributed by atoms with Crippen LogP contribution in [-0.2, 0) is 6.42 Å². The summed E-state index contributed by atoms with van der Waals surface area (Å²) in [5.41, 5.74) is 3.18. The van der Waals surface area contributed by atoms with Gasteiger partial charge in [0.2, 0.25) is 0 Å². The highest BCUT2D eigenvalue weighted by atomic mass is 79.9. The van der Waals surface area contributed by atoms with E-state index in [1.807, 2.05) is 24.3 Å². The lowest BCUT2D eigenvalue weighted by molar-refractivity contribution is 0.0948. The maximum Gasteiger partial charge on any atom is 0.251 e. The van der Waals surface area contributed by atoms with E-state index in [-0.39, 0.29) is 5.91 Å². The Morgan fingerprint density at radius 1 is 1.14 bits per heavy atom. The molecule has 1 aliphatic heterocycles. The lowest BCUT2D eigenvalue weighted by Gasteiger charge is -2.34. The molecule has 7 heteroatoms. The van der Waals surface area contributed by atoms with Gasteiger partial charge in [-0.2, -0.15) is 0 Å². The first kappa shape index (κ1) is 20.3. The van der Waals surface area contributed by atoms with E-state index >= 15 is 0 Å². The molecule has 4 rings (SSSR count). The summed E-state index contributed by atoms with van der Waals surface area (Å²) in [6.07, 6.45) is 1.01. The molecular weight excluding hydrogens is 448 g/mol. The summed E-state index contributed by atoms with van der Waals surface area (Å²) in [6.45, 7) is 7.65. The zero-order chi connectivity index (χ0) is 20.2. The van der Waals surface area contributed by atoms with Crippen LogP contribution in [0.3, 0.4) is 0 Å². The van der Waals surface area contributed by atoms with Crippen molar-refractivity contribution in [3.8, 4) is 0 Å². The van der Waals surface area contributed by atoms with Crippen LogP contribution in [-0.4, -0.2) is 55.1 Å². The second-order valence-electron chi connectivity index (χ2n) is 7.21. The van der Waals surface area contributed by atoms with E-state index in [4.69, 9.17) is 4.98 Å². The zero-order valence-corrected chi connectivity index (χ0v) is 18.9. The smallest absolute Gasteiger partial charge is 0.251 e. The first-order valence-electron chi connectivity index (χ1n) is 10.0. The number of nitrogens with one attached hydrogen (secondary N) is 1. The van der Waals surface area contributed by atoms with E-state index in [0.29, 0.717) is 12.1 Å². The minimum absolute atomic E-state index is 0.0164. The van der Waals surface area contributed by atoms with Crippen molar-refractivity contribution in [3.05, 3.63) is 58.1 Å². The van der Waals surface area contributed by atoms with Crippen molar-refractivity contribution in [1.82, 2.24) is 15.2 Å². The number of carbonyl (C=O) groups excluding carboxylic acids is 1. The molecule has 0 unspecified atom stereocenters. The van der Waals surface area contributed by atoms with Crippen molar-refractivity contribution in [2.24, 2.45) is 0 Å². The summed E-state index contributed by atoms with van der Waals surface area (Å²) >= 11 is 5.18. The molecule has 152 valence electrons. The van der Waals surface area contributed by atoms with Crippen LogP contribution in [0, 0.1) is 0 Å². The van der Waals surface area contributed by atoms with Gasteiger partial charge in [-0.25, -0.2) is 4.98 Å². The first-order valence-corrected chi connectivity index (χ1v) is 11.6. The minimum atomic E-state index is -0.0164. The van der Waals surface area contributed by atoms with Gasteiger partial charge in [-0.3, -0.25) is 9.69 Å². The fourth-order valence-corrected chi connectivity index (χ4v) is 4.94. The Labute approximate surface area is 183 Å². The molecule has 1 N–H and O–H groups in total. The number of rotatable bonds is 6. The average Bonchev–Trinajstić information content (AvgIpc) is 3.19. The molecule has 5 nitrogen and oxygen atoms in total. The van der Waals surface area contributed by atoms with Crippen LogP contribution in [0.2, 0.25) is 0 Å². The largest absolute Gasteiger partial charge is 0.351 e. The molecule has 0 radical (unpaired) electrons. The maximum atomic E-state index is 12.2. The third-order valence-electron chi connectivity index (χ3n) is 5.33. The summed E-state index contributed by atoms with van der Waals surface area (Å²) in [7, 11) is 0. The number of hydrogen-bond donors (Lipinski definition) is 1. The van der Waals surface area contributed by atoms with Gasteiger partial charge in [0.25, 0.3) is 5.91 Å². The fraction of sp³-hybridized carbons (Fsp3) is 0.364. The Morgan fingerprint density at radius 3 is 2.62 bits per heavy atom. The molecule has 1 saturated heterocycles. The molecule has 29 heavy (non-hydrogen) atoms. The number of benzene rings is 2. The van der Waals surface area contributed by atoms with Crippen LogP contribution in [0.4, 0.5) is 5.13 Å². The molecule has 2 aromatic carbocycles. The van der Waals surface area contributed by atoms with E-state index < -0.39 is 0 Å². The number of carbonyl (C=O) groups is 1. The molecule has 0 aliphatic carbocycles. The summed E-state index contributed by atoms with van der Waals surface area (Å²) in [6, 6.07) is 13.9. The Bertz CT molecular complexity index is 980. The standard InChI is InChI=1S/C22H25BrN4OS/c1-2-16-4-3-5-19-20(16)25-22(29-19)27-14-12-26(13-15-27)11-10-24-21(28)17-6-8-18(23)9-7-17/h3-9H,2,10-15H2,1H3,(H,24,28). The molecule has 2 heterocycles. The number of halogens is 1. The van der Waals surface area contributed by atoms with Gasteiger partial charge in [0.1, 0.15) is 0 Å². The van der Waals surface area contributed by atoms with Gasteiger partial charge in [-0.15, -0.1) is 0 Å². The van der Waals surface area contributed by atoms with Crippen molar-refractivity contribution < 1.29 is 4.79 Å². The number of nitrogens with zero attached hydrogens (tertiary/aromatic N) is 3. The van der Waals surface area contributed by atoms with Crippen LogP contribution in [0.25, 0.3) is 10.2 Å². The van der Waals surface area contributed by atoms with E-state index in [9.17, 15) is 4.79 Å². The number of amides is 1. The highest BCUT2D eigenvalue weighted by Crippen LogP contribution is 2.31. The molecule has 1 fully saturated rings. The number of hydrogen-bond acceptors (Lipinski definition) is 5. The number of thiazole rings is 1. The van der Waals surface area contributed by atoms with Crippen LogP contribution in [0.1, 0.15) is 22.8 Å². The van der Waals surface area contributed by atoms with Crippen molar-refractivity contribution in [2.75, 3.05) is 44.2 Å². The molecule has 3 aromatic rings. The lowest BCUT2D eigenvalue weighted by Crippen LogP contribution is -2.48. The molecule has 1 amide bonds. The number of fused-ring (bicyclic) bond motifs is 1. The lowest BCUT2D eigenvalue weighted by atomic mass is 10.1. The van der Waals surface area contributed by atoms with Crippen molar-refractivity contribution in [2.45, 2.75) is 13.3 Å². The van der Waals surface area contributed by atoms with Crippen molar-refractivity contribution >= 4 is 48.5 Å². The van der Waals surface area contributed by atoms with Crippen LogP contribution >= 0.6 is 27.3 Å². The van der Waals surface area contributed by atoms with E-state index in [1.54, 1.807) is 11.3 Å². The number of aromatic nitrogens is 1. The molecule has 1 aliphatic rings. The molecule has 0 saturated carbocycles. The third-order valence-corrected chi connectivity index (χ3v) is 6.95. The van der Waals surface area contributed by atoms with E-state index in [1.165, 1.54) is 10.3 Å². The normalized spacial score (nSPS) is 15.0. The summed E-state index contributed by atoms with van der Waals surface area (Å²) in [4.78, 5) is 21.9. The number of anilines is 1. The molecule has 0 bridgehead atoms. The number of aryl methyl sites for hydroxylation is 1. The van der Waals surface area contributed by atoms with Gasteiger partial charge in [0, 0.05) is 49.3 Å². The van der Waals surface area contributed by atoms with E-state index in [0.717, 1.165) is 54.3 Å². The second-order valence-corrected chi connectivity index (χ2v) is 9.13. The molecule has 0 atom stereocenters. The maximum absolute atomic E-state index is 12.2. The zero-order valence-electron chi connectivity index (χ0n) is 16.5. The van der Waals surface area contributed by atoms with Crippen molar-refractivity contribution in [3.63, 3.8) is 0 Å². The van der Waals surface area contributed by atoms with Gasteiger partial charge in [-0.05, 0) is 42.3 Å². The van der Waals surface area contributed by atoms with Crippen LogP contribution < -0.4 is 10.2 Å². The van der Waals surface area contributed by atoms with Crippen molar-refractivity contribution in [1.29, 1.82) is 0 Å². The van der Waals surface area contributed by atoms with Gasteiger partial charge in [-0.1, -0.05) is 46.3 Å². The summed E-state index contributed by atoms with van der Waals surface area (Å²) in [5, 5.41) is 4.15. The Balaban J connectivity index is 1.26. The number of para-hydroxylation sites is 1. The predicted molar refractivity (Wildman–Crippen MR) is 124 cm³/mol. The fourth-order valence-electron chi connectivity index (χ4n) is 3.61. The highest BCUT2D eigenvalue weighted by molar-refractivity contribution is 9.10. The highest BCUT2D eigenvalue weighted by Gasteiger charge is 2.20. The van der Waals surface area contributed by atoms with Gasteiger partial charge < -0.3 is 10.2 Å². The van der Waals surface area contributed by atoms with Crippen LogP contribution in [0.5, 0.6) is 0 Å². The van der Waals surface area contributed by atoms with E-state index in [2.05, 4.69) is 56.2 Å². The third kappa shape index (κ3) is 4.79. The topological polar surface area (TPSA) is 48.5 Å². The Morgan fingerprint density at radius 2 is 1.90 bits per heavy atom. The summed E-state index contributed by atoms with van der Waals surface area (Å²) in [5.74, 6) is -0.0164. The predicted octanol–water partition coefficient (Wildman–Crippen LogP) is 4.17. The minimum Gasteiger partial charge on any atom is -0.351 e. The summed E-state index contributed by atoms with van der Waals surface area (Å²) < 4.78 is 2.25.